The van der Waals surface area contributed by atoms with Crippen molar-refractivity contribution >= 4 is 6.03 Å². The van der Waals surface area contributed by atoms with Gasteiger partial charge in [0.1, 0.15) is 28.7 Å². The molecule has 1 aromatic carbocycles. The van der Waals surface area contributed by atoms with Crippen LogP contribution in [0.3, 0.4) is 0 Å². The van der Waals surface area contributed by atoms with Crippen LogP contribution >= 0.6 is 0 Å². The average molecular weight is 325 g/mol. The van der Waals surface area contributed by atoms with Crippen molar-refractivity contribution in [1.82, 2.24) is 15.6 Å². The largest absolute Gasteiger partial charge is 0.448 e. The van der Waals surface area contributed by atoms with Gasteiger partial charge in [-0.25, -0.2) is 18.6 Å². The number of hydrogen-bond acceptors (Lipinski definition) is 4. The van der Waals surface area contributed by atoms with Crippen LogP contribution in [-0.2, 0) is 12.1 Å². The Bertz CT molecular complexity index is 701. The van der Waals surface area contributed by atoms with Crippen LogP contribution in [0.5, 0.6) is 0 Å². The number of carbonyl (C=O) groups is 1. The zero-order valence-corrected chi connectivity index (χ0v) is 12.7. The van der Waals surface area contributed by atoms with Crippen molar-refractivity contribution in [2.45, 2.75) is 26.0 Å². The van der Waals surface area contributed by atoms with Crippen molar-refractivity contribution in [1.29, 1.82) is 0 Å². The van der Waals surface area contributed by atoms with E-state index in [1.807, 2.05) is 0 Å². The van der Waals surface area contributed by atoms with Crippen molar-refractivity contribution < 1.29 is 23.1 Å². The number of benzene rings is 1. The lowest BCUT2D eigenvalue weighted by Gasteiger charge is -2.24. The fourth-order valence-electron chi connectivity index (χ4n) is 2.00. The summed E-state index contributed by atoms with van der Waals surface area (Å²) in [6.07, 6.45) is 1.27. The normalized spacial score (nSPS) is 13.4. The first-order valence-corrected chi connectivity index (χ1v) is 6.88. The van der Waals surface area contributed by atoms with Crippen molar-refractivity contribution in [2.24, 2.45) is 0 Å². The molecule has 0 aliphatic rings. The Kier molecular flexibility index (Phi) is 4.95. The highest BCUT2D eigenvalue weighted by atomic mass is 19.1. The van der Waals surface area contributed by atoms with Gasteiger partial charge in [0, 0.05) is 11.6 Å². The maximum atomic E-state index is 13.7. The lowest BCUT2D eigenvalue weighted by molar-refractivity contribution is 0.0555. The van der Waals surface area contributed by atoms with Crippen molar-refractivity contribution in [2.75, 3.05) is 6.54 Å². The van der Waals surface area contributed by atoms with E-state index < -0.39 is 23.3 Å². The fraction of sp³-hybridized carbons (Fsp3) is 0.333. The summed E-state index contributed by atoms with van der Waals surface area (Å²) in [7, 11) is 0. The van der Waals surface area contributed by atoms with Crippen LogP contribution in [0.25, 0.3) is 0 Å². The molecule has 0 saturated carbocycles. The molecule has 6 nitrogen and oxygen atoms in total. The Morgan fingerprint density at radius 2 is 2.13 bits per heavy atom. The number of urea groups is 1. The van der Waals surface area contributed by atoms with Gasteiger partial charge in [0.25, 0.3) is 0 Å². The summed E-state index contributed by atoms with van der Waals surface area (Å²) in [4.78, 5) is 15.6. The number of amides is 2. The molecule has 0 fully saturated rings. The maximum Gasteiger partial charge on any atom is 0.315 e. The Hall–Kier alpha value is -2.48. The number of nitrogens with zero attached hydrogens (tertiary/aromatic N) is 1. The molecule has 2 aromatic rings. The van der Waals surface area contributed by atoms with E-state index in [1.165, 1.54) is 13.3 Å². The van der Waals surface area contributed by atoms with E-state index in [0.717, 1.165) is 12.1 Å². The number of carbonyl (C=O) groups excluding carboxylic acids is 1. The third-order valence-electron chi connectivity index (χ3n) is 3.37. The minimum Gasteiger partial charge on any atom is -0.448 e. The zero-order chi connectivity index (χ0) is 17.0. The molecule has 2 rings (SSSR count). The highest BCUT2D eigenvalue weighted by Gasteiger charge is 2.27. The molecule has 2 amide bonds. The van der Waals surface area contributed by atoms with Crippen molar-refractivity contribution in [3.8, 4) is 0 Å². The predicted molar refractivity (Wildman–Crippen MR) is 77.4 cm³/mol. The van der Waals surface area contributed by atoms with E-state index in [9.17, 15) is 18.7 Å². The molecule has 23 heavy (non-hydrogen) atoms. The molecule has 0 aliphatic carbocycles. The topological polar surface area (TPSA) is 87.4 Å². The first-order valence-electron chi connectivity index (χ1n) is 6.88. The molecule has 1 unspecified atom stereocenters. The van der Waals surface area contributed by atoms with E-state index >= 15 is 0 Å². The molecule has 0 saturated heterocycles. The molecule has 3 N–H and O–H groups in total. The van der Waals surface area contributed by atoms with Crippen molar-refractivity contribution in [3.05, 3.63) is 53.2 Å². The number of rotatable bonds is 5. The third-order valence-corrected chi connectivity index (χ3v) is 3.37. The minimum absolute atomic E-state index is 0.105. The second-order valence-electron chi connectivity index (χ2n) is 5.29. The summed E-state index contributed by atoms with van der Waals surface area (Å²) < 4.78 is 31.6. The number of nitrogens with one attached hydrogen (secondary N) is 2. The van der Waals surface area contributed by atoms with Gasteiger partial charge in [0.05, 0.1) is 13.1 Å². The molecular weight excluding hydrogens is 308 g/mol. The van der Waals surface area contributed by atoms with E-state index in [0.29, 0.717) is 17.5 Å². The zero-order valence-electron chi connectivity index (χ0n) is 12.7. The molecule has 1 heterocycles. The average Bonchev–Trinajstić information content (AvgIpc) is 2.88. The Labute approximate surface area is 131 Å². The van der Waals surface area contributed by atoms with Crippen LogP contribution < -0.4 is 10.6 Å². The van der Waals surface area contributed by atoms with Gasteiger partial charge in [-0.3, -0.25) is 0 Å². The van der Waals surface area contributed by atoms with Gasteiger partial charge in [-0.1, -0.05) is 6.07 Å². The van der Waals surface area contributed by atoms with Crippen LogP contribution in [0.15, 0.2) is 29.0 Å². The monoisotopic (exact) mass is 325 g/mol. The van der Waals surface area contributed by atoms with E-state index in [-0.39, 0.29) is 18.7 Å². The highest BCUT2D eigenvalue weighted by Crippen LogP contribution is 2.23. The maximum absolute atomic E-state index is 13.7. The van der Waals surface area contributed by atoms with Crippen LogP contribution in [-0.4, -0.2) is 22.7 Å². The van der Waals surface area contributed by atoms with Gasteiger partial charge in [0.15, 0.2) is 6.39 Å². The van der Waals surface area contributed by atoms with Crippen LogP contribution in [0.1, 0.15) is 23.9 Å². The summed E-state index contributed by atoms with van der Waals surface area (Å²) >= 11 is 0. The number of oxazole rings is 1. The summed E-state index contributed by atoms with van der Waals surface area (Å²) in [5.74, 6) is -1.03. The quantitative estimate of drug-likeness (QED) is 0.784. The molecule has 0 radical (unpaired) electrons. The SMILES string of the molecule is Cc1ocnc1CNC(=O)NCC(C)(O)c1ccc(F)cc1F. The van der Waals surface area contributed by atoms with Gasteiger partial charge < -0.3 is 20.2 Å². The number of halogens is 2. The predicted octanol–water partition coefficient (Wildman–Crippen LogP) is 1.97. The van der Waals surface area contributed by atoms with Crippen LogP contribution in [0, 0.1) is 18.6 Å². The van der Waals surface area contributed by atoms with Crippen LogP contribution in [0.4, 0.5) is 13.6 Å². The first-order chi connectivity index (χ1) is 10.8. The second kappa shape index (κ2) is 6.74. The Morgan fingerprint density at radius 3 is 2.74 bits per heavy atom. The fourth-order valence-corrected chi connectivity index (χ4v) is 2.00. The van der Waals surface area contributed by atoms with Gasteiger partial charge in [-0.15, -0.1) is 0 Å². The Balaban J connectivity index is 1.90. The third kappa shape index (κ3) is 4.26. The van der Waals surface area contributed by atoms with Gasteiger partial charge in [0.2, 0.25) is 0 Å². The standard InChI is InChI=1S/C15H17F2N3O3/c1-9-13(20-8-23-9)6-18-14(21)19-7-15(2,22)11-4-3-10(16)5-12(11)17/h3-5,8,22H,6-7H2,1-2H3,(H2,18,19,21). The molecule has 124 valence electrons. The Morgan fingerprint density at radius 1 is 1.39 bits per heavy atom. The van der Waals surface area contributed by atoms with Gasteiger partial charge in [-0.05, 0) is 19.9 Å². The van der Waals surface area contributed by atoms with Crippen molar-refractivity contribution in [3.63, 3.8) is 0 Å². The highest BCUT2D eigenvalue weighted by molar-refractivity contribution is 5.73. The number of aliphatic hydroxyl groups is 1. The lowest BCUT2D eigenvalue weighted by atomic mass is 9.95. The summed E-state index contributed by atoms with van der Waals surface area (Å²) in [5.41, 5.74) is -1.21. The summed E-state index contributed by atoms with van der Waals surface area (Å²) in [6.45, 7) is 2.94. The molecule has 0 bridgehead atoms. The van der Waals surface area contributed by atoms with Gasteiger partial charge >= 0.3 is 6.03 Å². The second-order valence-corrected chi connectivity index (χ2v) is 5.29. The lowest BCUT2D eigenvalue weighted by Crippen LogP contribution is -2.43. The number of aryl methyl sites for hydroxylation is 1. The molecule has 1 atom stereocenters. The minimum atomic E-state index is -1.68. The first kappa shape index (κ1) is 16.9. The molecule has 1 aromatic heterocycles. The van der Waals surface area contributed by atoms with E-state index in [4.69, 9.17) is 4.42 Å². The molecule has 8 heteroatoms. The van der Waals surface area contributed by atoms with Crippen LogP contribution in [0.2, 0.25) is 0 Å². The molecular formula is C15H17F2N3O3. The van der Waals surface area contributed by atoms with Gasteiger partial charge in [-0.2, -0.15) is 0 Å². The number of aromatic nitrogens is 1. The van der Waals surface area contributed by atoms with E-state index in [1.54, 1.807) is 6.92 Å². The molecule has 0 aliphatic heterocycles. The smallest absolute Gasteiger partial charge is 0.315 e. The summed E-state index contributed by atoms with van der Waals surface area (Å²) in [5, 5.41) is 15.2. The summed E-state index contributed by atoms with van der Waals surface area (Å²) in [6, 6.07) is 2.30. The van der Waals surface area contributed by atoms with E-state index in [2.05, 4.69) is 15.6 Å². The molecule has 0 spiro atoms. The number of hydrogen-bond donors (Lipinski definition) is 3.